The minimum atomic E-state index is -0.603. The molecule has 6 nitrogen and oxygen atoms in total. The summed E-state index contributed by atoms with van der Waals surface area (Å²) in [6.45, 7) is 7.89. The summed E-state index contributed by atoms with van der Waals surface area (Å²) in [5, 5.41) is 11.6. The number of rotatable bonds is 6. The number of nitro groups is 1. The van der Waals surface area contributed by atoms with Gasteiger partial charge in [-0.1, -0.05) is 24.3 Å². The lowest BCUT2D eigenvalue weighted by molar-refractivity contribution is -0.389. The number of amides is 1. The minimum Gasteiger partial charge on any atom is -0.358 e. The molecule has 0 spiro atoms. The summed E-state index contributed by atoms with van der Waals surface area (Å²) in [6, 6.07) is 8.06. The molecule has 2 rings (SSSR count). The summed E-state index contributed by atoms with van der Waals surface area (Å²) in [5.41, 5.74) is 0.665. The van der Waals surface area contributed by atoms with Crippen LogP contribution in [0.15, 0.2) is 55.6 Å². The van der Waals surface area contributed by atoms with Crippen molar-refractivity contribution in [3.8, 4) is 0 Å². The fourth-order valence-corrected chi connectivity index (χ4v) is 2.15. The maximum Gasteiger partial charge on any atom is 0.364 e. The highest BCUT2D eigenvalue weighted by Gasteiger charge is 2.22. The van der Waals surface area contributed by atoms with Gasteiger partial charge in [-0.2, -0.15) is 0 Å². The summed E-state index contributed by atoms with van der Waals surface area (Å²) in [6.07, 6.45) is 3.19. The van der Waals surface area contributed by atoms with Gasteiger partial charge in [-0.25, -0.2) is 0 Å². The van der Waals surface area contributed by atoms with E-state index in [0.29, 0.717) is 24.0 Å². The predicted molar refractivity (Wildman–Crippen MR) is 84.7 cm³/mol. The molecular weight excluding hydrogens is 282 g/mol. The Balaban J connectivity index is 2.61. The highest BCUT2D eigenvalue weighted by Crippen LogP contribution is 2.23. The lowest BCUT2D eigenvalue weighted by Gasteiger charge is -2.19. The van der Waals surface area contributed by atoms with Crippen LogP contribution in [0.5, 0.6) is 0 Å². The van der Waals surface area contributed by atoms with Crippen LogP contribution in [0.2, 0.25) is 0 Å². The third-order valence-corrected chi connectivity index (χ3v) is 3.11. The van der Waals surface area contributed by atoms with Crippen LogP contribution >= 0.6 is 0 Å². The Bertz CT molecular complexity index is 745. The van der Waals surface area contributed by atoms with E-state index in [1.165, 1.54) is 11.0 Å². The number of para-hydroxylation sites is 1. The van der Waals surface area contributed by atoms with Crippen molar-refractivity contribution in [2.45, 2.75) is 0 Å². The number of fused-ring (bicyclic) bond motifs is 1. The molecule has 0 saturated heterocycles. The summed E-state index contributed by atoms with van der Waals surface area (Å²) >= 11 is 0. The lowest BCUT2D eigenvalue weighted by atomic mass is 10.1. The lowest BCUT2D eigenvalue weighted by Crippen LogP contribution is -2.31. The molecule has 1 amide bonds. The van der Waals surface area contributed by atoms with Crippen LogP contribution in [-0.4, -0.2) is 33.8 Å². The van der Waals surface area contributed by atoms with Crippen molar-refractivity contribution in [1.29, 1.82) is 0 Å². The van der Waals surface area contributed by atoms with Crippen LogP contribution < -0.4 is 0 Å². The Morgan fingerprint density at radius 2 is 1.91 bits per heavy atom. The smallest absolute Gasteiger partial charge is 0.358 e. The van der Waals surface area contributed by atoms with Gasteiger partial charge >= 0.3 is 5.82 Å². The van der Waals surface area contributed by atoms with Crippen molar-refractivity contribution in [2.75, 3.05) is 13.1 Å². The van der Waals surface area contributed by atoms with Crippen molar-refractivity contribution in [1.82, 2.24) is 9.88 Å². The molecule has 1 aromatic carbocycles. The Morgan fingerprint density at radius 1 is 1.27 bits per heavy atom. The number of hydrogen-bond donors (Lipinski definition) is 0. The molecule has 0 aliphatic carbocycles. The zero-order valence-electron chi connectivity index (χ0n) is 11.9. The fourth-order valence-electron chi connectivity index (χ4n) is 2.15. The first-order valence-corrected chi connectivity index (χ1v) is 6.63. The van der Waals surface area contributed by atoms with Gasteiger partial charge in [0.05, 0.1) is 5.56 Å². The molecule has 0 unspecified atom stereocenters. The van der Waals surface area contributed by atoms with Gasteiger partial charge in [0.25, 0.3) is 5.91 Å². The van der Waals surface area contributed by atoms with Gasteiger partial charge in [-0.05, 0) is 22.0 Å². The number of nitrogens with zero attached hydrogens (tertiary/aromatic N) is 3. The van der Waals surface area contributed by atoms with Gasteiger partial charge in [0, 0.05) is 24.5 Å². The van der Waals surface area contributed by atoms with Crippen LogP contribution in [0.25, 0.3) is 10.9 Å². The molecule has 2 aromatic rings. The van der Waals surface area contributed by atoms with Crippen molar-refractivity contribution in [2.24, 2.45) is 0 Å². The summed E-state index contributed by atoms with van der Waals surface area (Å²) in [4.78, 5) is 28.6. The first-order valence-electron chi connectivity index (χ1n) is 6.63. The number of benzene rings is 1. The van der Waals surface area contributed by atoms with Crippen molar-refractivity contribution in [3.63, 3.8) is 0 Å². The van der Waals surface area contributed by atoms with E-state index in [1.54, 1.807) is 36.4 Å². The second-order valence-electron chi connectivity index (χ2n) is 4.59. The van der Waals surface area contributed by atoms with Gasteiger partial charge in [0.1, 0.15) is 0 Å². The number of pyridine rings is 1. The zero-order chi connectivity index (χ0) is 16.1. The standard InChI is InChI=1S/C16H15N3O3/c1-3-9-18(10-4-2)16(20)13-11-15(19(21)22)17-14-8-6-5-7-12(13)14/h3-8,11H,1-2,9-10H2. The third kappa shape index (κ3) is 3.01. The number of hydrogen-bond acceptors (Lipinski definition) is 4. The number of carbonyl (C=O) groups is 1. The normalized spacial score (nSPS) is 10.2. The Hall–Kier alpha value is -3.02. The molecule has 0 aliphatic heterocycles. The molecule has 0 aliphatic rings. The van der Waals surface area contributed by atoms with Crippen LogP contribution in [0.4, 0.5) is 5.82 Å². The third-order valence-electron chi connectivity index (χ3n) is 3.11. The van der Waals surface area contributed by atoms with Crippen molar-refractivity contribution >= 4 is 22.6 Å². The minimum absolute atomic E-state index is 0.251. The van der Waals surface area contributed by atoms with E-state index < -0.39 is 4.92 Å². The van der Waals surface area contributed by atoms with E-state index >= 15 is 0 Å². The second kappa shape index (κ2) is 6.62. The van der Waals surface area contributed by atoms with Crippen LogP contribution in [0.3, 0.4) is 0 Å². The molecule has 6 heteroatoms. The van der Waals surface area contributed by atoms with E-state index in [2.05, 4.69) is 18.1 Å². The molecule has 0 radical (unpaired) electrons. The first kappa shape index (κ1) is 15.4. The van der Waals surface area contributed by atoms with Crippen molar-refractivity contribution < 1.29 is 9.72 Å². The average molecular weight is 297 g/mol. The number of aromatic nitrogens is 1. The Kier molecular flexibility index (Phi) is 4.63. The summed E-state index contributed by atoms with van der Waals surface area (Å²) in [7, 11) is 0. The van der Waals surface area contributed by atoms with Crippen LogP contribution in [0, 0.1) is 10.1 Å². The molecule has 0 saturated carbocycles. The predicted octanol–water partition coefficient (Wildman–Crippen LogP) is 2.96. The van der Waals surface area contributed by atoms with Gasteiger partial charge < -0.3 is 15.0 Å². The summed E-state index contributed by atoms with van der Waals surface area (Å²) in [5.74, 6) is -0.666. The topological polar surface area (TPSA) is 76.3 Å². The Labute approximate surface area is 127 Å². The van der Waals surface area contributed by atoms with E-state index in [4.69, 9.17) is 0 Å². The quantitative estimate of drug-likeness (QED) is 0.466. The maximum absolute atomic E-state index is 12.7. The van der Waals surface area contributed by atoms with Gasteiger partial charge in [0.15, 0.2) is 5.52 Å². The van der Waals surface area contributed by atoms with E-state index in [0.717, 1.165) is 0 Å². The summed E-state index contributed by atoms with van der Waals surface area (Å²) < 4.78 is 0. The maximum atomic E-state index is 12.7. The molecule has 1 aromatic heterocycles. The average Bonchev–Trinajstić information content (AvgIpc) is 2.52. The highest BCUT2D eigenvalue weighted by molar-refractivity contribution is 6.06. The Morgan fingerprint density at radius 3 is 2.50 bits per heavy atom. The van der Waals surface area contributed by atoms with Crippen molar-refractivity contribution in [3.05, 3.63) is 71.3 Å². The number of carbonyl (C=O) groups excluding carboxylic acids is 1. The van der Waals surface area contributed by atoms with E-state index in [9.17, 15) is 14.9 Å². The first-order chi connectivity index (χ1) is 10.6. The van der Waals surface area contributed by atoms with E-state index in [-0.39, 0.29) is 17.3 Å². The van der Waals surface area contributed by atoms with Crippen LogP contribution in [-0.2, 0) is 0 Å². The molecule has 0 fully saturated rings. The van der Waals surface area contributed by atoms with E-state index in [1.807, 2.05) is 0 Å². The van der Waals surface area contributed by atoms with Crippen LogP contribution in [0.1, 0.15) is 10.4 Å². The zero-order valence-corrected chi connectivity index (χ0v) is 11.9. The molecule has 0 atom stereocenters. The molecule has 0 N–H and O–H groups in total. The molecular formula is C16H15N3O3. The second-order valence-corrected chi connectivity index (χ2v) is 4.59. The van der Waals surface area contributed by atoms with Gasteiger partial charge in [-0.3, -0.25) is 4.79 Å². The molecule has 112 valence electrons. The molecule has 1 heterocycles. The monoisotopic (exact) mass is 297 g/mol. The highest BCUT2D eigenvalue weighted by atomic mass is 16.6. The molecule has 0 bridgehead atoms. The van der Waals surface area contributed by atoms with Gasteiger partial charge in [-0.15, -0.1) is 13.2 Å². The molecule has 22 heavy (non-hydrogen) atoms. The van der Waals surface area contributed by atoms with Gasteiger partial charge in [0.2, 0.25) is 0 Å². The largest absolute Gasteiger partial charge is 0.364 e. The SMILES string of the molecule is C=CCN(CC=C)C(=O)c1cc([N+](=O)[O-])nc2ccccc12. The fraction of sp³-hybridized carbons (Fsp3) is 0.125.